The van der Waals surface area contributed by atoms with Crippen LogP contribution in [0.15, 0.2) is 71.8 Å². The van der Waals surface area contributed by atoms with E-state index in [1.807, 2.05) is 13.0 Å². The van der Waals surface area contributed by atoms with Crippen molar-refractivity contribution in [2.75, 3.05) is 5.01 Å². The van der Waals surface area contributed by atoms with Crippen LogP contribution in [0.3, 0.4) is 0 Å². The number of carbonyl (C=O) groups excluding carboxylic acids is 3. The van der Waals surface area contributed by atoms with Crippen LogP contribution in [0, 0.1) is 11.3 Å². The molecule has 0 N–H and O–H groups in total. The number of para-hydroxylation sites is 1. The van der Waals surface area contributed by atoms with Crippen LogP contribution in [0.5, 0.6) is 0 Å². The second-order valence-corrected chi connectivity index (χ2v) is 6.70. The van der Waals surface area contributed by atoms with Crippen molar-refractivity contribution in [3.63, 3.8) is 0 Å². The normalized spacial score (nSPS) is 14.0. The van der Waals surface area contributed by atoms with Crippen molar-refractivity contribution in [2.45, 2.75) is 32.6 Å². The van der Waals surface area contributed by atoms with Gasteiger partial charge in [-0.25, -0.2) is 5.01 Å². The van der Waals surface area contributed by atoms with Crippen LogP contribution in [0.4, 0.5) is 5.69 Å². The van der Waals surface area contributed by atoms with Gasteiger partial charge < -0.3 is 0 Å². The Hall–Kier alpha value is -3.72. The van der Waals surface area contributed by atoms with Gasteiger partial charge in [0.25, 0.3) is 17.7 Å². The summed E-state index contributed by atoms with van der Waals surface area (Å²) in [6.45, 7) is 2.00. The van der Waals surface area contributed by atoms with Gasteiger partial charge in [0.2, 0.25) is 0 Å². The van der Waals surface area contributed by atoms with Crippen LogP contribution in [0.2, 0.25) is 0 Å². The number of hydrogen-bond donors (Lipinski definition) is 0. The van der Waals surface area contributed by atoms with Gasteiger partial charge in [-0.05, 0) is 42.7 Å². The van der Waals surface area contributed by atoms with Gasteiger partial charge in [-0.3, -0.25) is 14.4 Å². The van der Waals surface area contributed by atoms with E-state index in [-0.39, 0.29) is 12.0 Å². The van der Waals surface area contributed by atoms with Gasteiger partial charge in [0.1, 0.15) is 11.6 Å². The zero-order valence-corrected chi connectivity index (χ0v) is 16.2. The Labute approximate surface area is 169 Å². The summed E-state index contributed by atoms with van der Waals surface area (Å²) in [5, 5.41) is 11.4. The molecule has 29 heavy (non-hydrogen) atoms. The molecular formula is C23H21N3O3. The highest BCUT2D eigenvalue weighted by Gasteiger charge is 2.40. The monoisotopic (exact) mass is 387 g/mol. The molecule has 2 aromatic carbocycles. The Kier molecular flexibility index (Phi) is 6.20. The summed E-state index contributed by atoms with van der Waals surface area (Å²) in [6, 6.07) is 18.9. The van der Waals surface area contributed by atoms with E-state index in [1.54, 1.807) is 60.7 Å². The maximum absolute atomic E-state index is 13.3. The molecule has 0 spiro atoms. The lowest BCUT2D eigenvalue weighted by Gasteiger charge is -2.35. The molecule has 146 valence electrons. The van der Waals surface area contributed by atoms with Crippen molar-refractivity contribution < 1.29 is 14.4 Å². The lowest BCUT2D eigenvalue weighted by atomic mass is 9.95. The number of imide groups is 1. The number of hydrazine groups is 1. The molecule has 1 aliphatic rings. The Morgan fingerprint density at radius 1 is 1.07 bits per heavy atom. The molecule has 6 heteroatoms. The van der Waals surface area contributed by atoms with Crippen molar-refractivity contribution in [1.82, 2.24) is 5.01 Å². The zero-order valence-electron chi connectivity index (χ0n) is 16.2. The van der Waals surface area contributed by atoms with Crippen LogP contribution in [0.1, 0.15) is 43.0 Å². The third-order valence-electron chi connectivity index (χ3n) is 4.72. The predicted octanol–water partition coefficient (Wildman–Crippen LogP) is 4.02. The summed E-state index contributed by atoms with van der Waals surface area (Å²) in [5.41, 5.74) is 1.19. The number of unbranched alkanes of at least 4 members (excludes halogenated alkanes) is 1. The Morgan fingerprint density at radius 2 is 1.69 bits per heavy atom. The van der Waals surface area contributed by atoms with Crippen molar-refractivity contribution in [1.29, 1.82) is 5.26 Å². The van der Waals surface area contributed by atoms with Gasteiger partial charge in [-0.15, -0.1) is 0 Å². The smallest absolute Gasteiger partial charge is 0.272 e. The number of nitrogens with zero attached hydrogens (tertiary/aromatic N) is 3. The molecule has 0 unspecified atom stereocenters. The number of nitriles is 1. The average molecular weight is 387 g/mol. The highest BCUT2D eigenvalue weighted by atomic mass is 16.2. The maximum atomic E-state index is 13.3. The largest absolute Gasteiger partial charge is 0.290 e. The molecule has 2 aromatic rings. The predicted molar refractivity (Wildman–Crippen MR) is 108 cm³/mol. The fourth-order valence-corrected chi connectivity index (χ4v) is 3.24. The molecule has 0 radical (unpaired) electrons. The lowest BCUT2D eigenvalue weighted by molar-refractivity contribution is -0.143. The highest BCUT2D eigenvalue weighted by molar-refractivity contribution is 6.17. The summed E-state index contributed by atoms with van der Waals surface area (Å²) in [6.07, 6.45) is 2.13. The number of hydrogen-bond acceptors (Lipinski definition) is 4. The molecule has 0 atom stereocenters. The van der Waals surface area contributed by atoms with E-state index >= 15 is 0 Å². The van der Waals surface area contributed by atoms with Crippen molar-refractivity contribution in [2.24, 2.45) is 0 Å². The molecule has 1 heterocycles. The third-order valence-corrected chi connectivity index (χ3v) is 4.72. The van der Waals surface area contributed by atoms with Crippen molar-refractivity contribution in [3.8, 4) is 6.07 Å². The molecule has 0 fully saturated rings. The van der Waals surface area contributed by atoms with E-state index in [9.17, 15) is 19.6 Å². The van der Waals surface area contributed by atoms with Crippen LogP contribution in [0.25, 0.3) is 0 Å². The molecule has 0 aromatic heterocycles. The second kappa shape index (κ2) is 8.98. The average Bonchev–Trinajstić information content (AvgIpc) is 2.76. The van der Waals surface area contributed by atoms with E-state index in [0.717, 1.165) is 22.9 Å². The molecule has 1 aliphatic heterocycles. The first-order valence-electron chi connectivity index (χ1n) is 9.52. The first-order valence-corrected chi connectivity index (χ1v) is 9.52. The SMILES string of the molecule is CCCCC1=C(C#N)C(=O)N(N(C(=O)c2ccccc2)c2ccccc2)C(=O)C1. The minimum absolute atomic E-state index is 0.0555. The number of anilines is 1. The lowest BCUT2D eigenvalue weighted by Crippen LogP contribution is -2.55. The zero-order chi connectivity index (χ0) is 20.8. The first kappa shape index (κ1) is 20.0. The molecule has 0 saturated heterocycles. The second-order valence-electron chi connectivity index (χ2n) is 6.70. The first-order chi connectivity index (χ1) is 14.1. The number of rotatable bonds is 6. The van der Waals surface area contributed by atoms with Crippen molar-refractivity contribution >= 4 is 23.4 Å². The fraction of sp³-hybridized carbons (Fsp3) is 0.217. The summed E-state index contributed by atoms with van der Waals surface area (Å²) in [5.74, 6) is -1.80. The van der Waals surface area contributed by atoms with Crippen LogP contribution in [-0.2, 0) is 9.59 Å². The fourth-order valence-electron chi connectivity index (χ4n) is 3.24. The van der Waals surface area contributed by atoms with Crippen LogP contribution in [-0.4, -0.2) is 22.7 Å². The Morgan fingerprint density at radius 3 is 2.28 bits per heavy atom. The van der Waals surface area contributed by atoms with E-state index in [1.165, 1.54) is 0 Å². The van der Waals surface area contributed by atoms with Gasteiger partial charge in [0.05, 0.1) is 12.1 Å². The molecule has 6 nitrogen and oxygen atoms in total. The minimum Gasteiger partial charge on any atom is -0.272 e. The summed E-state index contributed by atoms with van der Waals surface area (Å²) < 4.78 is 0. The molecule has 0 saturated carbocycles. The van der Waals surface area contributed by atoms with E-state index in [4.69, 9.17) is 0 Å². The quantitative estimate of drug-likeness (QED) is 0.701. The van der Waals surface area contributed by atoms with E-state index in [2.05, 4.69) is 0 Å². The molecular weight excluding hydrogens is 366 g/mol. The van der Waals surface area contributed by atoms with E-state index < -0.39 is 17.7 Å². The molecule has 0 bridgehead atoms. The van der Waals surface area contributed by atoms with Crippen LogP contribution < -0.4 is 5.01 Å². The summed E-state index contributed by atoms with van der Waals surface area (Å²) in [7, 11) is 0. The number of benzene rings is 2. The van der Waals surface area contributed by atoms with Gasteiger partial charge >= 0.3 is 0 Å². The van der Waals surface area contributed by atoms with Gasteiger partial charge in [0.15, 0.2) is 0 Å². The van der Waals surface area contributed by atoms with Crippen LogP contribution >= 0.6 is 0 Å². The van der Waals surface area contributed by atoms with Gasteiger partial charge in [-0.1, -0.05) is 49.7 Å². The summed E-state index contributed by atoms with van der Waals surface area (Å²) in [4.78, 5) is 39.3. The maximum Gasteiger partial charge on any atom is 0.290 e. The number of amides is 3. The topological polar surface area (TPSA) is 81.5 Å². The van der Waals surface area contributed by atoms with Crippen molar-refractivity contribution in [3.05, 3.63) is 77.4 Å². The standard InChI is InChI=1S/C23H21N3O3/c1-2-3-10-18-15-21(27)26(23(29)20(18)16-24)25(19-13-8-5-9-14-19)22(28)17-11-6-4-7-12-17/h4-9,11-14H,2-3,10,15H2,1H3. The van der Waals surface area contributed by atoms with Gasteiger partial charge in [0, 0.05) is 5.56 Å². The Balaban J connectivity index is 2.08. The number of carbonyl (C=O) groups is 3. The molecule has 0 aliphatic carbocycles. The third kappa shape index (κ3) is 4.09. The minimum atomic E-state index is -0.761. The molecule has 3 rings (SSSR count). The van der Waals surface area contributed by atoms with Gasteiger partial charge in [-0.2, -0.15) is 10.3 Å². The van der Waals surface area contributed by atoms with E-state index in [0.29, 0.717) is 23.2 Å². The Bertz CT molecular complexity index is 991. The molecule has 3 amide bonds. The summed E-state index contributed by atoms with van der Waals surface area (Å²) >= 11 is 0. The highest BCUT2D eigenvalue weighted by Crippen LogP contribution is 2.29.